The molecule has 0 aliphatic rings. The third-order valence-electron chi connectivity index (χ3n) is 2.27. The maximum absolute atomic E-state index is 10.8. The lowest BCUT2D eigenvalue weighted by molar-refractivity contribution is -0.149. The van der Waals surface area contributed by atoms with Crippen LogP contribution in [0.25, 0.3) is 0 Å². The molecule has 0 radical (unpaired) electrons. The molecule has 2 atom stereocenters. The topological polar surface area (TPSA) is 107 Å². The Morgan fingerprint density at radius 2 is 1.78 bits per heavy atom. The number of aliphatic carboxylic acids is 2. The maximum atomic E-state index is 10.8. The number of aliphatic hydroxyl groups is 1. The molecule has 0 aromatic heterocycles. The average Bonchev–Trinajstić information content (AvgIpc) is 2.30. The van der Waals surface area contributed by atoms with Crippen LogP contribution in [0.4, 0.5) is 0 Å². The van der Waals surface area contributed by atoms with Gasteiger partial charge in [0.05, 0.1) is 12.6 Å². The van der Waals surface area contributed by atoms with Gasteiger partial charge in [0, 0.05) is 5.02 Å². The van der Waals surface area contributed by atoms with E-state index in [-0.39, 0.29) is 0 Å². The second-order valence-electron chi connectivity index (χ2n) is 3.59. The zero-order valence-corrected chi connectivity index (χ0v) is 9.96. The standard InChI is InChI=1S/C11H12ClNO5/c12-7-3-1-6(2-4-7)9(10(16)11(17)18)13-5-8(14)15/h1-4,9-10,13,16H,5H2,(H,14,15)(H,17,18). The zero-order valence-electron chi connectivity index (χ0n) is 9.21. The van der Waals surface area contributed by atoms with Crippen molar-refractivity contribution in [2.45, 2.75) is 12.1 Å². The third-order valence-corrected chi connectivity index (χ3v) is 2.52. The molecule has 0 bridgehead atoms. The molecule has 0 spiro atoms. The van der Waals surface area contributed by atoms with Gasteiger partial charge in [-0.05, 0) is 17.7 Å². The van der Waals surface area contributed by atoms with Gasteiger partial charge in [0.25, 0.3) is 0 Å². The molecule has 7 heteroatoms. The number of carboxylic acids is 2. The molecule has 0 amide bonds. The van der Waals surface area contributed by atoms with E-state index in [9.17, 15) is 14.7 Å². The summed E-state index contributed by atoms with van der Waals surface area (Å²) in [4.78, 5) is 21.2. The second kappa shape index (κ2) is 6.34. The van der Waals surface area contributed by atoms with Crippen molar-refractivity contribution in [3.63, 3.8) is 0 Å². The predicted molar refractivity (Wildman–Crippen MR) is 63.5 cm³/mol. The van der Waals surface area contributed by atoms with Crippen LogP contribution in [0.1, 0.15) is 11.6 Å². The maximum Gasteiger partial charge on any atom is 0.334 e. The predicted octanol–water partition coefficient (Wildman–Crippen LogP) is 0.501. The van der Waals surface area contributed by atoms with E-state index in [1.54, 1.807) is 0 Å². The van der Waals surface area contributed by atoms with Crippen LogP contribution in [0.15, 0.2) is 24.3 Å². The number of halogens is 1. The Morgan fingerprint density at radius 3 is 2.22 bits per heavy atom. The Morgan fingerprint density at radius 1 is 1.22 bits per heavy atom. The fraction of sp³-hybridized carbons (Fsp3) is 0.273. The van der Waals surface area contributed by atoms with E-state index < -0.39 is 30.6 Å². The quantitative estimate of drug-likeness (QED) is 0.601. The molecule has 0 aliphatic carbocycles. The summed E-state index contributed by atoms with van der Waals surface area (Å²) in [5.41, 5.74) is 0.440. The lowest BCUT2D eigenvalue weighted by atomic mass is 10.0. The molecule has 0 aliphatic heterocycles. The normalized spacial score (nSPS) is 13.9. The van der Waals surface area contributed by atoms with Crippen LogP contribution >= 0.6 is 11.6 Å². The Bertz CT molecular complexity index is 434. The van der Waals surface area contributed by atoms with Crippen LogP contribution in [0, 0.1) is 0 Å². The Balaban J connectivity index is 2.92. The molecule has 2 unspecified atom stereocenters. The van der Waals surface area contributed by atoms with E-state index in [0.717, 1.165) is 0 Å². The van der Waals surface area contributed by atoms with Crippen LogP contribution < -0.4 is 5.32 Å². The lowest BCUT2D eigenvalue weighted by Gasteiger charge is -2.21. The van der Waals surface area contributed by atoms with E-state index >= 15 is 0 Å². The SMILES string of the molecule is O=C(O)CNC(c1ccc(Cl)cc1)C(O)C(=O)O. The minimum Gasteiger partial charge on any atom is -0.480 e. The van der Waals surface area contributed by atoms with Gasteiger partial charge in [-0.2, -0.15) is 0 Å². The summed E-state index contributed by atoms with van der Waals surface area (Å²) in [7, 11) is 0. The summed E-state index contributed by atoms with van der Waals surface area (Å²) in [6.07, 6.45) is -1.74. The molecule has 0 saturated heterocycles. The summed E-state index contributed by atoms with van der Waals surface area (Å²) >= 11 is 5.69. The van der Waals surface area contributed by atoms with Gasteiger partial charge >= 0.3 is 11.9 Å². The molecular formula is C11H12ClNO5. The van der Waals surface area contributed by atoms with Crippen molar-refractivity contribution in [1.29, 1.82) is 0 Å². The van der Waals surface area contributed by atoms with Gasteiger partial charge < -0.3 is 15.3 Å². The summed E-state index contributed by atoms with van der Waals surface area (Å²) < 4.78 is 0. The molecule has 0 saturated carbocycles. The number of aliphatic hydroxyl groups excluding tert-OH is 1. The van der Waals surface area contributed by atoms with Crippen LogP contribution in [0.5, 0.6) is 0 Å². The van der Waals surface area contributed by atoms with Gasteiger partial charge in [0.15, 0.2) is 6.10 Å². The number of carbonyl (C=O) groups is 2. The molecule has 98 valence electrons. The van der Waals surface area contributed by atoms with Crippen molar-refractivity contribution < 1.29 is 24.9 Å². The third kappa shape index (κ3) is 3.99. The molecule has 1 aromatic carbocycles. The summed E-state index contributed by atoms with van der Waals surface area (Å²) in [6, 6.07) is 5.08. The first-order chi connectivity index (χ1) is 8.41. The Labute approximate surface area is 108 Å². The molecule has 1 aromatic rings. The monoisotopic (exact) mass is 273 g/mol. The van der Waals surface area contributed by atoms with Crippen LogP contribution in [-0.4, -0.2) is 39.9 Å². The van der Waals surface area contributed by atoms with E-state index in [4.69, 9.17) is 21.8 Å². The Hall–Kier alpha value is -1.63. The molecule has 0 heterocycles. The largest absolute Gasteiger partial charge is 0.480 e. The van der Waals surface area contributed by atoms with Gasteiger partial charge in [-0.1, -0.05) is 23.7 Å². The smallest absolute Gasteiger partial charge is 0.334 e. The van der Waals surface area contributed by atoms with Gasteiger partial charge in [-0.25, -0.2) is 4.79 Å². The highest BCUT2D eigenvalue weighted by atomic mass is 35.5. The van der Waals surface area contributed by atoms with E-state index in [1.807, 2.05) is 0 Å². The van der Waals surface area contributed by atoms with Crippen molar-refractivity contribution in [2.24, 2.45) is 0 Å². The van der Waals surface area contributed by atoms with Gasteiger partial charge in [-0.15, -0.1) is 0 Å². The molecule has 18 heavy (non-hydrogen) atoms. The molecule has 4 N–H and O–H groups in total. The first-order valence-electron chi connectivity index (χ1n) is 5.03. The summed E-state index contributed by atoms with van der Waals surface area (Å²) in [5.74, 6) is -2.58. The highest BCUT2D eigenvalue weighted by Gasteiger charge is 2.27. The number of hydrogen-bond donors (Lipinski definition) is 4. The van der Waals surface area contributed by atoms with E-state index in [2.05, 4.69) is 5.32 Å². The minimum absolute atomic E-state index is 0.440. The fourth-order valence-electron chi connectivity index (χ4n) is 1.42. The molecule has 6 nitrogen and oxygen atoms in total. The number of carboxylic acid groups (broad SMARTS) is 2. The highest BCUT2D eigenvalue weighted by Crippen LogP contribution is 2.19. The van der Waals surface area contributed by atoms with Crippen molar-refractivity contribution in [2.75, 3.05) is 6.54 Å². The van der Waals surface area contributed by atoms with E-state index in [1.165, 1.54) is 24.3 Å². The van der Waals surface area contributed by atoms with Gasteiger partial charge in [-0.3, -0.25) is 10.1 Å². The van der Waals surface area contributed by atoms with E-state index in [0.29, 0.717) is 10.6 Å². The van der Waals surface area contributed by atoms with Crippen molar-refractivity contribution >= 4 is 23.5 Å². The van der Waals surface area contributed by atoms with Crippen molar-refractivity contribution in [3.05, 3.63) is 34.9 Å². The second-order valence-corrected chi connectivity index (χ2v) is 4.02. The number of nitrogens with one attached hydrogen (secondary N) is 1. The number of rotatable bonds is 6. The van der Waals surface area contributed by atoms with Crippen LogP contribution in [0.2, 0.25) is 5.02 Å². The first kappa shape index (κ1) is 14.4. The fourth-order valence-corrected chi connectivity index (χ4v) is 1.55. The average molecular weight is 274 g/mol. The highest BCUT2D eigenvalue weighted by molar-refractivity contribution is 6.30. The zero-order chi connectivity index (χ0) is 13.7. The molecular weight excluding hydrogens is 262 g/mol. The lowest BCUT2D eigenvalue weighted by Crippen LogP contribution is -2.39. The molecule has 1 rings (SSSR count). The first-order valence-corrected chi connectivity index (χ1v) is 5.41. The number of hydrogen-bond acceptors (Lipinski definition) is 4. The van der Waals surface area contributed by atoms with Crippen molar-refractivity contribution in [1.82, 2.24) is 5.32 Å². The van der Waals surface area contributed by atoms with Crippen LogP contribution in [-0.2, 0) is 9.59 Å². The van der Waals surface area contributed by atoms with Crippen LogP contribution in [0.3, 0.4) is 0 Å². The Kier molecular flexibility index (Phi) is 5.08. The van der Waals surface area contributed by atoms with Gasteiger partial charge in [0.1, 0.15) is 0 Å². The van der Waals surface area contributed by atoms with Crippen molar-refractivity contribution in [3.8, 4) is 0 Å². The number of benzene rings is 1. The minimum atomic E-state index is -1.74. The van der Waals surface area contributed by atoms with Gasteiger partial charge in [0.2, 0.25) is 0 Å². The molecule has 0 fully saturated rings. The summed E-state index contributed by atoms with van der Waals surface area (Å²) in [5, 5.41) is 29.8. The summed E-state index contributed by atoms with van der Waals surface area (Å²) in [6.45, 7) is -0.461.